The molecule has 3 rings (SSSR count). The third-order valence-corrected chi connectivity index (χ3v) is 7.52. The van der Waals surface area contributed by atoms with E-state index in [1.165, 1.54) is 32.1 Å². The quantitative estimate of drug-likeness (QED) is 0.381. The van der Waals surface area contributed by atoms with Crippen molar-refractivity contribution in [2.45, 2.75) is 58.4 Å². The SMILES string of the molecule is CC1CC(C)CN(C(=NCC2CCS(=O)(=O)C2)NC2CCCC2)C1.I. The summed E-state index contributed by atoms with van der Waals surface area (Å²) in [6.07, 6.45) is 7.13. The van der Waals surface area contributed by atoms with Crippen molar-refractivity contribution in [2.75, 3.05) is 31.1 Å². The summed E-state index contributed by atoms with van der Waals surface area (Å²) in [4.78, 5) is 7.31. The van der Waals surface area contributed by atoms with Crippen molar-refractivity contribution in [3.05, 3.63) is 0 Å². The van der Waals surface area contributed by atoms with E-state index >= 15 is 0 Å². The van der Waals surface area contributed by atoms with Gasteiger partial charge in [-0.2, -0.15) is 0 Å². The summed E-state index contributed by atoms with van der Waals surface area (Å²) in [6.45, 7) is 7.41. The Bertz CT molecular complexity index is 551. The van der Waals surface area contributed by atoms with Gasteiger partial charge >= 0.3 is 0 Å². The molecule has 7 heteroatoms. The molecule has 3 fully saturated rings. The van der Waals surface area contributed by atoms with E-state index in [1.54, 1.807) is 0 Å². The Balaban J connectivity index is 0.00000225. The molecule has 5 nitrogen and oxygen atoms in total. The lowest BCUT2D eigenvalue weighted by Crippen LogP contribution is -2.51. The summed E-state index contributed by atoms with van der Waals surface area (Å²) in [5.41, 5.74) is 0. The van der Waals surface area contributed by atoms with Crippen molar-refractivity contribution in [2.24, 2.45) is 22.7 Å². The number of sulfone groups is 1. The monoisotopic (exact) mass is 483 g/mol. The second kappa shape index (κ2) is 9.24. The Hall–Kier alpha value is -0.0500. The minimum Gasteiger partial charge on any atom is -0.354 e. The van der Waals surface area contributed by atoms with E-state index in [4.69, 9.17) is 4.99 Å². The van der Waals surface area contributed by atoms with Crippen molar-refractivity contribution in [3.63, 3.8) is 0 Å². The fourth-order valence-corrected chi connectivity index (χ4v) is 6.41. The Labute approximate surface area is 170 Å². The summed E-state index contributed by atoms with van der Waals surface area (Å²) < 4.78 is 23.4. The van der Waals surface area contributed by atoms with Gasteiger partial charge in [-0.1, -0.05) is 26.7 Å². The van der Waals surface area contributed by atoms with E-state index in [0.717, 1.165) is 25.5 Å². The molecule has 0 aromatic rings. The molecule has 0 spiro atoms. The fourth-order valence-electron chi connectivity index (χ4n) is 4.56. The van der Waals surface area contributed by atoms with Gasteiger partial charge in [-0.05, 0) is 43.4 Å². The first-order valence-electron chi connectivity index (χ1n) is 9.67. The maximum Gasteiger partial charge on any atom is 0.194 e. The molecule has 0 bridgehead atoms. The summed E-state index contributed by atoms with van der Waals surface area (Å²) in [5.74, 6) is 3.28. The number of guanidine groups is 1. The number of aliphatic imine (C=N–C) groups is 1. The van der Waals surface area contributed by atoms with Crippen molar-refractivity contribution in [1.29, 1.82) is 0 Å². The molecule has 3 atom stereocenters. The maximum atomic E-state index is 11.7. The third kappa shape index (κ3) is 6.26. The molecule has 1 aliphatic carbocycles. The number of nitrogens with zero attached hydrogens (tertiary/aromatic N) is 2. The highest BCUT2D eigenvalue weighted by Gasteiger charge is 2.29. The van der Waals surface area contributed by atoms with Gasteiger partial charge in [0.05, 0.1) is 11.5 Å². The molecule has 0 amide bonds. The van der Waals surface area contributed by atoms with Crippen LogP contribution in [0.1, 0.15) is 52.4 Å². The van der Waals surface area contributed by atoms with Gasteiger partial charge in [-0.3, -0.25) is 4.99 Å². The lowest BCUT2D eigenvalue weighted by Gasteiger charge is -2.38. The topological polar surface area (TPSA) is 61.8 Å². The zero-order valence-electron chi connectivity index (χ0n) is 15.6. The Morgan fingerprint density at radius 3 is 2.32 bits per heavy atom. The predicted molar refractivity (Wildman–Crippen MR) is 114 cm³/mol. The van der Waals surface area contributed by atoms with Crippen LogP contribution in [0.15, 0.2) is 4.99 Å². The Morgan fingerprint density at radius 2 is 1.76 bits per heavy atom. The molecule has 0 aromatic carbocycles. The lowest BCUT2D eigenvalue weighted by molar-refractivity contribution is 0.206. The standard InChI is InChI=1S/C18H33N3O2S.HI/c1-14-9-15(2)12-21(11-14)18(20-17-5-3-4-6-17)19-10-16-7-8-24(22,23)13-16;/h14-17H,3-13H2,1-2H3,(H,19,20);1H. The first-order chi connectivity index (χ1) is 11.4. The minimum atomic E-state index is -2.81. The summed E-state index contributed by atoms with van der Waals surface area (Å²) in [7, 11) is -2.81. The molecule has 2 aliphatic heterocycles. The van der Waals surface area contributed by atoms with E-state index in [2.05, 4.69) is 24.1 Å². The summed E-state index contributed by atoms with van der Waals surface area (Å²) in [5, 5.41) is 3.70. The van der Waals surface area contributed by atoms with Crippen LogP contribution in [-0.4, -0.2) is 56.5 Å². The third-order valence-electron chi connectivity index (χ3n) is 5.68. The normalized spacial score (nSPS) is 33.3. The zero-order chi connectivity index (χ0) is 17.2. The van der Waals surface area contributed by atoms with Gasteiger partial charge in [-0.15, -0.1) is 24.0 Å². The van der Waals surface area contributed by atoms with E-state index in [9.17, 15) is 8.42 Å². The number of likely N-dealkylation sites (tertiary alicyclic amines) is 1. The zero-order valence-corrected chi connectivity index (χ0v) is 18.8. The van der Waals surface area contributed by atoms with Crippen LogP contribution >= 0.6 is 24.0 Å². The van der Waals surface area contributed by atoms with Crippen LogP contribution in [0, 0.1) is 17.8 Å². The maximum absolute atomic E-state index is 11.7. The van der Waals surface area contributed by atoms with Crippen LogP contribution in [0.4, 0.5) is 0 Å². The molecular formula is C18H34IN3O2S. The van der Waals surface area contributed by atoms with Crippen LogP contribution in [0.25, 0.3) is 0 Å². The van der Waals surface area contributed by atoms with Gasteiger partial charge in [0.1, 0.15) is 0 Å². The van der Waals surface area contributed by atoms with Gasteiger partial charge in [0.25, 0.3) is 0 Å². The van der Waals surface area contributed by atoms with Gasteiger partial charge in [0, 0.05) is 25.7 Å². The minimum absolute atomic E-state index is 0. The van der Waals surface area contributed by atoms with Crippen molar-refractivity contribution >= 4 is 39.8 Å². The first kappa shape index (κ1) is 21.3. The Morgan fingerprint density at radius 1 is 1.12 bits per heavy atom. The highest BCUT2D eigenvalue weighted by molar-refractivity contribution is 14.0. The highest BCUT2D eigenvalue weighted by Crippen LogP contribution is 2.24. The molecule has 0 radical (unpaired) electrons. The fraction of sp³-hybridized carbons (Fsp3) is 0.944. The molecule has 3 aliphatic rings. The van der Waals surface area contributed by atoms with E-state index in [0.29, 0.717) is 35.9 Å². The molecule has 2 saturated heterocycles. The molecular weight excluding hydrogens is 449 g/mol. The van der Waals surface area contributed by atoms with E-state index in [1.807, 2.05) is 0 Å². The molecule has 146 valence electrons. The average Bonchev–Trinajstić information content (AvgIpc) is 3.11. The van der Waals surface area contributed by atoms with Gasteiger partial charge in [0.15, 0.2) is 15.8 Å². The van der Waals surface area contributed by atoms with Crippen LogP contribution in [0.5, 0.6) is 0 Å². The number of halogens is 1. The summed E-state index contributed by atoms with van der Waals surface area (Å²) in [6, 6.07) is 0.545. The van der Waals surface area contributed by atoms with Crippen LogP contribution in [0.3, 0.4) is 0 Å². The lowest BCUT2D eigenvalue weighted by atomic mass is 9.92. The molecule has 2 heterocycles. The molecule has 25 heavy (non-hydrogen) atoms. The second-order valence-electron chi connectivity index (χ2n) is 8.41. The number of nitrogens with one attached hydrogen (secondary N) is 1. The van der Waals surface area contributed by atoms with Crippen molar-refractivity contribution in [3.8, 4) is 0 Å². The average molecular weight is 483 g/mol. The van der Waals surface area contributed by atoms with E-state index in [-0.39, 0.29) is 29.9 Å². The van der Waals surface area contributed by atoms with Crippen molar-refractivity contribution < 1.29 is 8.42 Å². The second-order valence-corrected chi connectivity index (χ2v) is 10.6. The number of rotatable bonds is 3. The predicted octanol–water partition coefficient (Wildman–Crippen LogP) is 2.91. The largest absolute Gasteiger partial charge is 0.354 e. The molecule has 1 N–H and O–H groups in total. The highest BCUT2D eigenvalue weighted by atomic mass is 127. The summed E-state index contributed by atoms with van der Waals surface area (Å²) >= 11 is 0. The van der Waals surface area contributed by atoms with Crippen LogP contribution < -0.4 is 5.32 Å². The van der Waals surface area contributed by atoms with Gasteiger partial charge in [0.2, 0.25) is 0 Å². The van der Waals surface area contributed by atoms with Gasteiger partial charge in [-0.25, -0.2) is 8.42 Å². The Kier molecular flexibility index (Phi) is 7.85. The van der Waals surface area contributed by atoms with Crippen molar-refractivity contribution in [1.82, 2.24) is 10.2 Å². The van der Waals surface area contributed by atoms with E-state index < -0.39 is 9.84 Å². The van der Waals surface area contributed by atoms with Crippen LogP contribution in [-0.2, 0) is 9.84 Å². The van der Waals surface area contributed by atoms with Gasteiger partial charge < -0.3 is 10.2 Å². The first-order valence-corrected chi connectivity index (χ1v) is 11.5. The molecule has 0 aromatic heterocycles. The smallest absolute Gasteiger partial charge is 0.194 e. The molecule has 3 unspecified atom stereocenters. The number of hydrogen-bond donors (Lipinski definition) is 1. The number of piperidine rings is 1. The number of hydrogen-bond acceptors (Lipinski definition) is 3. The van der Waals surface area contributed by atoms with Crippen LogP contribution in [0.2, 0.25) is 0 Å². The molecule has 1 saturated carbocycles.